The van der Waals surface area contributed by atoms with Gasteiger partial charge >= 0.3 is 0 Å². The summed E-state index contributed by atoms with van der Waals surface area (Å²) in [5.41, 5.74) is 7.85. The molecule has 0 aliphatic heterocycles. The van der Waals surface area contributed by atoms with E-state index in [0.29, 0.717) is 12.5 Å². The van der Waals surface area contributed by atoms with E-state index in [0.717, 1.165) is 16.9 Å². The first-order chi connectivity index (χ1) is 9.20. The van der Waals surface area contributed by atoms with Crippen molar-refractivity contribution >= 4 is 0 Å². The largest absolute Gasteiger partial charge is 0.439 e. The van der Waals surface area contributed by atoms with E-state index in [-0.39, 0.29) is 6.04 Å². The molecule has 4 heteroatoms. The van der Waals surface area contributed by atoms with Crippen molar-refractivity contribution < 1.29 is 9.47 Å². The summed E-state index contributed by atoms with van der Waals surface area (Å²) in [6.45, 7) is 2.46. The van der Waals surface area contributed by atoms with E-state index in [9.17, 15) is 0 Å². The van der Waals surface area contributed by atoms with Crippen LogP contribution in [0.2, 0.25) is 0 Å². The summed E-state index contributed by atoms with van der Waals surface area (Å²) in [6, 6.07) is 11.4. The SMILES string of the molecule is COCc1cccc(Oc2ncccc2[C@H](C)N)c1. The number of hydrogen-bond acceptors (Lipinski definition) is 4. The maximum atomic E-state index is 5.91. The predicted octanol–water partition coefficient (Wildman–Crippen LogP) is 3.04. The van der Waals surface area contributed by atoms with Gasteiger partial charge in [0.05, 0.1) is 6.61 Å². The first-order valence-electron chi connectivity index (χ1n) is 6.17. The molecule has 1 aromatic heterocycles. The van der Waals surface area contributed by atoms with E-state index in [1.54, 1.807) is 13.3 Å². The lowest BCUT2D eigenvalue weighted by molar-refractivity contribution is 0.184. The Labute approximate surface area is 113 Å². The molecule has 1 atom stereocenters. The third kappa shape index (κ3) is 3.53. The molecule has 0 amide bonds. The zero-order valence-electron chi connectivity index (χ0n) is 11.2. The average molecular weight is 258 g/mol. The van der Waals surface area contributed by atoms with E-state index in [2.05, 4.69) is 4.98 Å². The van der Waals surface area contributed by atoms with Gasteiger partial charge in [0, 0.05) is 24.9 Å². The van der Waals surface area contributed by atoms with Crippen LogP contribution in [0.3, 0.4) is 0 Å². The quantitative estimate of drug-likeness (QED) is 0.895. The Bertz CT molecular complexity index is 541. The van der Waals surface area contributed by atoms with Crippen molar-refractivity contribution in [2.75, 3.05) is 7.11 Å². The number of aromatic nitrogens is 1. The monoisotopic (exact) mass is 258 g/mol. The van der Waals surface area contributed by atoms with Crippen molar-refractivity contribution in [2.24, 2.45) is 5.73 Å². The molecule has 1 heterocycles. The summed E-state index contributed by atoms with van der Waals surface area (Å²) >= 11 is 0. The van der Waals surface area contributed by atoms with Gasteiger partial charge in [0.2, 0.25) is 5.88 Å². The molecule has 19 heavy (non-hydrogen) atoms. The number of hydrogen-bond donors (Lipinski definition) is 1. The van der Waals surface area contributed by atoms with Crippen molar-refractivity contribution in [1.29, 1.82) is 0 Å². The van der Waals surface area contributed by atoms with Crippen LogP contribution in [-0.4, -0.2) is 12.1 Å². The molecule has 2 N–H and O–H groups in total. The van der Waals surface area contributed by atoms with Crippen LogP contribution in [-0.2, 0) is 11.3 Å². The van der Waals surface area contributed by atoms with Gasteiger partial charge < -0.3 is 15.2 Å². The Morgan fingerprint density at radius 1 is 1.26 bits per heavy atom. The van der Waals surface area contributed by atoms with Crippen molar-refractivity contribution in [3.8, 4) is 11.6 Å². The van der Waals surface area contributed by atoms with E-state index in [1.807, 2.05) is 43.3 Å². The smallest absolute Gasteiger partial charge is 0.223 e. The highest BCUT2D eigenvalue weighted by molar-refractivity contribution is 5.35. The fraction of sp³-hybridized carbons (Fsp3) is 0.267. The van der Waals surface area contributed by atoms with Gasteiger partial charge in [0.1, 0.15) is 5.75 Å². The molecule has 0 radical (unpaired) electrons. The molecule has 0 saturated carbocycles. The van der Waals surface area contributed by atoms with E-state index in [1.165, 1.54) is 0 Å². The number of rotatable bonds is 5. The second-order valence-electron chi connectivity index (χ2n) is 4.37. The number of benzene rings is 1. The van der Waals surface area contributed by atoms with Crippen LogP contribution in [0.15, 0.2) is 42.6 Å². The van der Waals surface area contributed by atoms with Gasteiger partial charge in [-0.05, 0) is 30.7 Å². The summed E-state index contributed by atoms with van der Waals surface area (Å²) in [4.78, 5) is 4.24. The highest BCUT2D eigenvalue weighted by atomic mass is 16.5. The molecule has 0 unspecified atom stereocenters. The zero-order chi connectivity index (χ0) is 13.7. The third-order valence-corrected chi connectivity index (χ3v) is 2.72. The molecule has 0 bridgehead atoms. The van der Waals surface area contributed by atoms with E-state index in [4.69, 9.17) is 15.2 Å². The highest BCUT2D eigenvalue weighted by Gasteiger charge is 2.09. The highest BCUT2D eigenvalue weighted by Crippen LogP contribution is 2.26. The standard InChI is InChI=1S/C15H18N2O2/c1-11(16)14-7-4-8-17-15(14)19-13-6-3-5-12(9-13)10-18-2/h3-9,11H,10,16H2,1-2H3/t11-/m0/s1. The lowest BCUT2D eigenvalue weighted by Crippen LogP contribution is -2.07. The predicted molar refractivity (Wildman–Crippen MR) is 74.1 cm³/mol. The van der Waals surface area contributed by atoms with Crippen LogP contribution in [0.1, 0.15) is 24.1 Å². The van der Waals surface area contributed by atoms with Gasteiger partial charge in [-0.25, -0.2) is 4.98 Å². The first kappa shape index (κ1) is 13.5. The minimum Gasteiger partial charge on any atom is -0.439 e. The number of ether oxygens (including phenoxy) is 2. The molecule has 0 aliphatic rings. The molecular weight excluding hydrogens is 240 g/mol. The summed E-state index contributed by atoms with van der Waals surface area (Å²) in [5, 5.41) is 0. The number of methoxy groups -OCH3 is 1. The second-order valence-corrected chi connectivity index (χ2v) is 4.37. The van der Waals surface area contributed by atoms with Gasteiger partial charge in [-0.1, -0.05) is 18.2 Å². The number of pyridine rings is 1. The van der Waals surface area contributed by atoms with Gasteiger partial charge in [0.25, 0.3) is 0 Å². The number of nitrogens with zero attached hydrogens (tertiary/aromatic N) is 1. The summed E-state index contributed by atoms with van der Waals surface area (Å²) in [6.07, 6.45) is 1.69. The normalized spacial score (nSPS) is 12.2. The van der Waals surface area contributed by atoms with Crippen LogP contribution in [0.4, 0.5) is 0 Å². The molecular formula is C15H18N2O2. The van der Waals surface area contributed by atoms with Crippen molar-refractivity contribution in [1.82, 2.24) is 4.98 Å². The molecule has 0 spiro atoms. The molecule has 0 aliphatic carbocycles. The summed E-state index contributed by atoms with van der Waals surface area (Å²) < 4.78 is 10.9. The van der Waals surface area contributed by atoms with E-state index < -0.39 is 0 Å². The first-order valence-corrected chi connectivity index (χ1v) is 6.17. The maximum Gasteiger partial charge on any atom is 0.223 e. The Morgan fingerprint density at radius 2 is 2.11 bits per heavy atom. The topological polar surface area (TPSA) is 57.4 Å². The van der Waals surface area contributed by atoms with Gasteiger partial charge in [0.15, 0.2) is 0 Å². The molecule has 2 rings (SSSR count). The second kappa shape index (κ2) is 6.31. The molecule has 1 aromatic carbocycles. The van der Waals surface area contributed by atoms with E-state index >= 15 is 0 Å². The minimum absolute atomic E-state index is 0.120. The van der Waals surface area contributed by atoms with Crippen LogP contribution < -0.4 is 10.5 Å². The Kier molecular flexibility index (Phi) is 4.49. The third-order valence-electron chi connectivity index (χ3n) is 2.72. The average Bonchev–Trinajstić information content (AvgIpc) is 2.40. The Balaban J connectivity index is 2.23. The molecule has 4 nitrogen and oxygen atoms in total. The molecule has 0 saturated heterocycles. The zero-order valence-corrected chi connectivity index (χ0v) is 11.2. The fourth-order valence-electron chi connectivity index (χ4n) is 1.81. The van der Waals surface area contributed by atoms with Gasteiger partial charge in [-0.2, -0.15) is 0 Å². The van der Waals surface area contributed by atoms with Crippen LogP contribution >= 0.6 is 0 Å². The maximum absolute atomic E-state index is 5.91. The molecule has 2 aromatic rings. The summed E-state index contributed by atoms with van der Waals surface area (Å²) in [5.74, 6) is 1.28. The number of nitrogens with two attached hydrogens (primary N) is 1. The molecule has 100 valence electrons. The Hall–Kier alpha value is -1.91. The van der Waals surface area contributed by atoms with Crippen molar-refractivity contribution in [3.05, 3.63) is 53.7 Å². The lowest BCUT2D eigenvalue weighted by atomic mass is 10.1. The minimum atomic E-state index is -0.120. The van der Waals surface area contributed by atoms with Crippen LogP contribution in [0, 0.1) is 0 Å². The van der Waals surface area contributed by atoms with Crippen LogP contribution in [0.25, 0.3) is 0 Å². The van der Waals surface area contributed by atoms with Crippen molar-refractivity contribution in [2.45, 2.75) is 19.6 Å². The van der Waals surface area contributed by atoms with Gasteiger partial charge in [-0.3, -0.25) is 0 Å². The Morgan fingerprint density at radius 3 is 2.84 bits per heavy atom. The lowest BCUT2D eigenvalue weighted by Gasteiger charge is -2.12. The van der Waals surface area contributed by atoms with Gasteiger partial charge in [-0.15, -0.1) is 0 Å². The van der Waals surface area contributed by atoms with Crippen molar-refractivity contribution in [3.63, 3.8) is 0 Å². The fourth-order valence-corrected chi connectivity index (χ4v) is 1.81. The molecule has 0 fully saturated rings. The van der Waals surface area contributed by atoms with Crippen LogP contribution in [0.5, 0.6) is 11.6 Å². The summed E-state index contributed by atoms with van der Waals surface area (Å²) in [7, 11) is 1.67.